The number of nitriles is 1. The molecule has 0 saturated carbocycles. The molecule has 8 heteroatoms. The molecule has 1 N–H and O–H groups in total. The number of carbonyl (C=O) groups excluding carboxylic acids is 1. The molecule has 1 atom stereocenters. The van der Waals surface area contributed by atoms with E-state index in [0.29, 0.717) is 17.6 Å². The van der Waals surface area contributed by atoms with E-state index in [1.54, 1.807) is 7.11 Å². The molecule has 0 aliphatic heterocycles. The third-order valence-corrected chi connectivity index (χ3v) is 4.83. The minimum atomic E-state index is -1.000. The number of nitrogens with one attached hydrogen (secondary N) is 1. The van der Waals surface area contributed by atoms with Crippen LogP contribution in [0.4, 0.5) is 0 Å². The molecule has 0 aliphatic carbocycles. The zero-order valence-corrected chi connectivity index (χ0v) is 16.7. The van der Waals surface area contributed by atoms with Gasteiger partial charge in [-0.3, -0.25) is 4.79 Å². The smallest absolute Gasteiger partial charge is 0.191 e. The van der Waals surface area contributed by atoms with Crippen LogP contribution < -0.4 is 4.74 Å². The van der Waals surface area contributed by atoms with Crippen molar-refractivity contribution in [1.82, 2.24) is 14.8 Å². The fourth-order valence-corrected chi connectivity index (χ4v) is 3.36. The third-order valence-electron chi connectivity index (χ3n) is 3.84. The number of hydrogen-bond donors (Lipinski definition) is 1. The fourth-order valence-electron chi connectivity index (χ4n) is 2.51. The van der Waals surface area contributed by atoms with Crippen molar-refractivity contribution >= 4 is 23.3 Å². The van der Waals surface area contributed by atoms with Crippen LogP contribution in [-0.2, 0) is 11.3 Å². The standard InChI is InChI=1S/C19H23N5O2S/c1-12(2)10-24-18(14-5-7-15(26-4)8-6-14)22-23-19(24)27-11-17(25)16(9-20)13(3)21/h5-8,12,16,21H,10-11H2,1-4H3/t16-/m0/s1. The number of aromatic nitrogens is 3. The van der Waals surface area contributed by atoms with E-state index in [1.165, 1.54) is 18.7 Å². The predicted molar refractivity (Wildman–Crippen MR) is 105 cm³/mol. The summed E-state index contributed by atoms with van der Waals surface area (Å²) in [6, 6.07) is 9.46. The number of ether oxygens (including phenoxy) is 1. The molecule has 2 aromatic rings. The quantitative estimate of drug-likeness (QED) is 0.523. The molecule has 27 heavy (non-hydrogen) atoms. The van der Waals surface area contributed by atoms with Crippen molar-refractivity contribution in [3.8, 4) is 23.2 Å². The maximum atomic E-state index is 12.2. The highest BCUT2D eigenvalue weighted by molar-refractivity contribution is 7.99. The first kappa shape index (κ1) is 20.6. The number of Topliss-reactive ketones (excluding diaryl/α,β-unsaturated/α-hetero) is 1. The van der Waals surface area contributed by atoms with Gasteiger partial charge in [0.25, 0.3) is 0 Å². The number of benzene rings is 1. The predicted octanol–water partition coefficient (Wildman–Crippen LogP) is 3.45. The van der Waals surface area contributed by atoms with Crippen molar-refractivity contribution in [3.63, 3.8) is 0 Å². The van der Waals surface area contributed by atoms with E-state index in [0.717, 1.165) is 17.1 Å². The van der Waals surface area contributed by atoms with Crippen molar-refractivity contribution in [3.05, 3.63) is 24.3 Å². The van der Waals surface area contributed by atoms with Crippen LogP contribution in [-0.4, -0.2) is 39.1 Å². The Morgan fingerprint density at radius 2 is 2.00 bits per heavy atom. The normalized spacial score (nSPS) is 11.9. The van der Waals surface area contributed by atoms with Gasteiger partial charge in [-0.25, -0.2) is 0 Å². The molecule has 0 fully saturated rings. The molecule has 1 heterocycles. The van der Waals surface area contributed by atoms with Gasteiger partial charge in [0.2, 0.25) is 0 Å². The number of nitrogens with zero attached hydrogens (tertiary/aromatic N) is 4. The number of ketones is 1. The first-order valence-corrected chi connectivity index (χ1v) is 9.53. The number of methoxy groups -OCH3 is 1. The van der Waals surface area contributed by atoms with Crippen LogP contribution in [0.2, 0.25) is 0 Å². The largest absolute Gasteiger partial charge is 0.497 e. The van der Waals surface area contributed by atoms with Gasteiger partial charge in [-0.2, -0.15) is 5.26 Å². The molecule has 0 saturated heterocycles. The van der Waals surface area contributed by atoms with Gasteiger partial charge in [0, 0.05) is 17.8 Å². The average molecular weight is 385 g/mol. The maximum Gasteiger partial charge on any atom is 0.191 e. The summed E-state index contributed by atoms with van der Waals surface area (Å²) in [7, 11) is 1.62. The fraction of sp³-hybridized carbons (Fsp3) is 0.421. The highest BCUT2D eigenvalue weighted by Gasteiger charge is 2.22. The summed E-state index contributed by atoms with van der Waals surface area (Å²) < 4.78 is 7.18. The Morgan fingerprint density at radius 3 is 2.52 bits per heavy atom. The number of hydrogen-bond acceptors (Lipinski definition) is 7. The van der Waals surface area contributed by atoms with Gasteiger partial charge in [0.1, 0.15) is 11.7 Å². The van der Waals surface area contributed by atoms with Crippen molar-refractivity contribution in [1.29, 1.82) is 10.7 Å². The second-order valence-corrected chi connectivity index (χ2v) is 7.48. The van der Waals surface area contributed by atoms with Crippen molar-refractivity contribution in [2.75, 3.05) is 12.9 Å². The summed E-state index contributed by atoms with van der Waals surface area (Å²) in [5.41, 5.74) is 0.970. The van der Waals surface area contributed by atoms with Gasteiger partial charge in [0.15, 0.2) is 16.8 Å². The first-order valence-electron chi connectivity index (χ1n) is 8.55. The Kier molecular flexibility index (Phi) is 7.13. The summed E-state index contributed by atoms with van der Waals surface area (Å²) in [5.74, 6) is 0.636. The molecule has 0 radical (unpaired) electrons. The van der Waals surface area contributed by atoms with Crippen molar-refractivity contribution in [2.45, 2.75) is 32.5 Å². The minimum Gasteiger partial charge on any atom is -0.497 e. The molecular weight excluding hydrogens is 362 g/mol. The van der Waals surface area contributed by atoms with Crippen LogP contribution in [0.3, 0.4) is 0 Å². The first-order chi connectivity index (χ1) is 12.9. The van der Waals surface area contributed by atoms with E-state index >= 15 is 0 Å². The van der Waals surface area contributed by atoms with Gasteiger partial charge in [-0.05, 0) is 37.1 Å². The van der Waals surface area contributed by atoms with Crippen molar-refractivity contribution < 1.29 is 9.53 Å². The van der Waals surface area contributed by atoms with Crippen molar-refractivity contribution in [2.24, 2.45) is 11.8 Å². The van der Waals surface area contributed by atoms with E-state index in [4.69, 9.17) is 15.4 Å². The summed E-state index contributed by atoms with van der Waals surface area (Å²) in [6.45, 7) is 6.37. The van der Waals surface area contributed by atoms with Crippen LogP contribution in [0.15, 0.2) is 29.4 Å². The molecule has 142 valence electrons. The van der Waals surface area contributed by atoms with Gasteiger partial charge in [0.05, 0.1) is 18.9 Å². The van der Waals surface area contributed by atoms with E-state index in [2.05, 4.69) is 24.0 Å². The highest BCUT2D eigenvalue weighted by atomic mass is 32.2. The topological polar surface area (TPSA) is 105 Å². The molecule has 7 nitrogen and oxygen atoms in total. The molecule has 0 aliphatic rings. The lowest BCUT2D eigenvalue weighted by Crippen LogP contribution is -2.21. The summed E-state index contributed by atoms with van der Waals surface area (Å²) in [6.07, 6.45) is 0. The molecule has 0 unspecified atom stereocenters. The Bertz CT molecular complexity index is 852. The molecule has 2 rings (SSSR count). The van der Waals surface area contributed by atoms with Gasteiger partial charge in [-0.15, -0.1) is 10.2 Å². The van der Waals surface area contributed by atoms with Crippen LogP contribution in [0, 0.1) is 28.6 Å². The molecule has 1 aromatic carbocycles. The number of rotatable bonds is 9. The third kappa shape index (κ3) is 5.17. The van der Waals surface area contributed by atoms with Gasteiger partial charge >= 0.3 is 0 Å². The second-order valence-electron chi connectivity index (χ2n) is 6.54. The lowest BCUT2D eigenvalue weighted by molar-refractivity contribution is -0.117. The summed E-state index contributed by atoms with van der Waals surface area (Å²) in [5, 5.41) is 25.8. The molecule has 0 spiro atoms. The Balaban J connectivity index is 2.26. The van der Waals surface area contributed by atoms with Gasteiger partial charge in [-0.1, -0.05) is 25.6 Å². The van der Waals surface area contributed by atoms with E-state index in [9.17, 15) is 4.79 Å². The Labute approximate surface area is 163 Å². The SMILES string of the molecule is COc1ccc(-c2nnc(SCC(=O)[C@@H](C#N)C(C)=N)n2CC(C)C)cc1. The van der Waals surface area contributed by atoms with Crippen LogP contribution >= 0.6 is 11.8 Å². The van der Waals surface area contributed by atoms with Gasteiger partial charge < -0.3 is 14.7 Å². The maximum absolute atomic E-state index is 12.2. The lowest BCUT2D eigenvalue weighted by Gasteiger charge is -2.13. The van der Waals surface area contributed by atoms with E-state index in [1.807, 2.05) is 34.9 Å². The molecule has 1 aromatic heterocycles. The Hall–Kier alpha value is -2.66. The number of thioether (sulfide) groups is 1. The molecular formula is C19H23N5O2S. The highest BCUT2D eigenvalue weighted by Crippen LogP contribution is 2.27. The van der Waals surface area contributed by atoms with Crippen LogP contribution in [0.25, 0.3) is 11.4 Å². The number of carbonyl (C=O) groups is 1. The van der Waals surface area contributed by atoms with Crippen LogP contribution in [0.1, 0.15) is 20.8 Å². The molecule has 0 bridgehead atoms. The monoisotopic (exact) mass is 385 g/mol. The zero-order valence-electron chi connectivity index (χ0n) is 15.9. The lowest BCUT2D eigenvalue weighted by atomic mass is 10.0. The average Bonchev–Trinajstić information content (AvgIpc) is 3.02. The second kappa shape index (κ2) is 9.33. The Morgan fingerprint density at radius 1 is 1.33 bits per heavy atom. The zero-order chi connectivity index (χ0) is 20.0. The molecule has 0 amide bonds. The van der Waals surface area contributed by atoms with Crippen LogP contribution in [0.5, 0.6) is 5.75 Å². The summed E-state index contributed by atoms with van der Waals surface area (Å²) >= 11 is 1.25. The van der Waals surface area contributed by atoms with E-state index < -0.39 is 5.92 Å². The summed E-state index contributed by atoms with van der Waals surface area (Å²) in [4.78, 5) is 12.2. The minimum absolute atomic E-state index is 0.0608. The van der Waals surface area contributed by atoms with E-state index in [-0.39, 0.29) is 17.2 Å².